The van der Waals surface area contributed by atoms with Crippen LogP contribution in [0.3, 0.4) is 0 Å². The second-order valence-corrected chi connectivity index (χ2v) is 9.34. The van der Waals surface area contributed by atoms with Gasteiger partial charge in [0.15, 0.2) is 5.17 Å². The van der Waals surface area contributed by atoms with Gasteiger partial charge in [-0.05, 0) is 11.1 Å². The number of carboxylic acid groups (broad SMARTS) is 1. The number of ether oxygens (including phenoxy) is 1. The highest BCUT2D eigenvalue weighted by Gasteiger charge is 2.54. The zero-order valence-corrected chi connectivity index (χ0v) is 19.3. The molecule has 0 saturated carbocycles. The van der Waals surface area contributed by atoms with E-state index in [9.17, 15) is 24.3 Å². The lowest BCUT2D eigenvalue weighted by molar-refractivity contribution is -0.151. The second-order valence-electron chi connectivity index (χ2n) is 7.24. The Hall–Kier alpha value is -3.19. The molecule has 6 N–H and O–H groups in total. The van der Waals surface area contributed by atoms with E-state index < -0.39 is 29.3 Å². The molecule has 13 heteroatoms. The number of hydrazone groups is 1. The molecular weight excluding hydrogens is 470 g/mol. The molecule has 1 aromatic carbocycles. The van der Waals surface area contributed by atoms with Crippen LogP contribution in [0, 0.1) is 0 Å². The van der Waals surface area contributed by atoms with Crippen molar-refractivity contribution in [3.63, 3.8) is 0 Å². The lowest BCUT2D eigenvalue weighted by Gasteiger charge is -2.49. The number of amidine groups is 1. The average Bonchev–Trinajstić information content (AvgIpc) is 2.79. The number of thioether (sulfide) groups is 2. The van der Waals surface area contributed by atoms with Gasteiger partial charge in [-0.1, -0.05) is 36.0 Å². The number of nitrogens with one attached hydrogen (secondary N) is 1. The number of nitrogens with two attached hydrogens (primary N) is 2. The Kier molecular flexibility index (Phi) is 7.87. The summed E-state index contributed by atoms with van der Waals surface area (Å²) in [7, 11) is 0. The van der Waals surface area contributed by atoms with Crippen LogP contribution in [0.4, 0.5) is 0 Å². The van der Waals surface area contributed by atoms with Gasteiger partial charge in [0, 0.05) is 24.0 Å². The van der Waals surface area contributed by atoms with E-state index in [1.54, 1.807) is 0 Å². The number of esters is 1. The highest BCUT2D eigenvalue weighted by atomic mass is 32.2. The number of nitrogens with zero attached hydrogens (tertiary/aromatic N) is 2. The molecular formula is C20H23N5O6S2. The zero-order valence-electron chi connectivity index (χ0n) is 17.6. The number of hydrogen-bond acceptors (Lipinski definition) is 9. The van der Waals surface area contributed by atoms with Gasteiger partial charge in [-0.3, -0.25) is 19.3 Å². The molecule has 2 aliphatic rings. The highest BCUT2D eigenvalue weighted by Crippen LogP contribution is 2.40. The SMILES string of the molecule is CC(=O)OCC1=C(C(=O)O)N2C(=O)C(NC(=O)Cc3ccc(CS/C(N)=N/N)cc3)C2SC1. The highest BCUT2D eigenvalue weighted by molar-refractivity contribution is 8.13. The summed E-state index contributed by atoms with van der Waals surface area (Å²) in [4.78, 5) is 49.1. The van der Waals surface area contributed by atoms with Crippen molar-refractivity contribution in [3.8, 4) is 0 Å². The average molecular weight is 494 g/mol. The standard InChI is InChI=1S/C20H23N5O6S2/c1-10(26)31-7-13-9-32-18-15(17(28)25(18)16(13)19(29)30)23-14(27)6-11-2-4-12(5-3-11)8-33-20(21)24-22/h2-5,15,18H,6-9,22H2,1H3,(H2,21,24)(H,23,27)(H,29,30). The first kappa shape index (κ1) is 24.5. The number of β-lactam (4-membered cyclic amide) rings is 1. The number of rotatable bonds is 8. The third-order valence-electron chi connectivity index (χ3n) is 4.92. The molecule has 2 atom stereocenters. The van der Waals surface area contributed by atoms with Crippen LogP contribution in [-0.2, 0) is 36.1 Å². The number of benzene rings is 1. The summed E-state index contributed by atoms with van der Waals surface area (Å²) in [5, 5.41) is 15.4. The monoisotopic (exact) mass is 493 g/mol. The van der Waals surface area contributed by atoms with Gasteiger partial charge < -0.3 is 26.7 Å². The van der Waals surface area contributed by atoms with Crippen LogP contribution in [-0.4, -0.2) is 62.7 Å². The summed E-state index contributed by atoms with van der Waals surface area (Å²) in [6.45, 7) is 1.02. The Labute approximate surface area is 197 Å². The fourth-order valence-corrected chi connectivity index (χ4v) is 5.25. The number of carbonyl (C=O) groups is 4. The van der Waals surface area contributed by atoms with E-state index in [2.05, 4.69) is 10.4 Å². The van der Waals surface area contributed by atoms with Crippen LogP contribution < -0.4 is 16.9 Å². The minimum absolute atomic E-state index is 0.0698. The molecule has 3 rings (SSSR count). The molecule has 0 spiro atoms. The van der Waals surface area contributed by atoms with Crippen molar-refractivity contribution < 1.29 is 29.0 Å². The van der Waals surface area contributed by atoms with E-state index in [0.29, 0.717) is 11.3 Å². The molecule has 0 radical (unpaired) electrons. The van der Waals surface area contributed by atoms with Crippen LogP contribution in [0.25, 0.3) is 0 Å². The van der Waals surface area contributed by atoms with Crippen molar-refractivity contribution in [1.29, 1.82) is 0 Å². The summed E-state index contributed by atoms with van der Waals surface area (Å²) in [5.41, 5.74) is 7.44. The van der Waals surface area contributed by atoms with Crippen molar-refractivity contribution in [3.05, 3.63) is 46.7 Å². The second kappa shape index (κ2) is 10.6. The quantitative estimate of drug-likeness (QED) is 0.0958. The van der Waals surface area contributed by atoms with Gasteiger partial charge in [-0.2, -0.15) is 5.10 Å². The molecule has 0 bridgehead atoms. The maximum atomic E-state index is 12.6. The third-order valence-corrected chi connectivity index (χ3v) is 7.14. The minimum Gasteiger partial charge on any atom is -0.477 e. The predicted octanol–water partition coefficient (Wildman–Crippen LogP) is -0.0476. The van der Waals surface area contributed by atoms with E-state index >= 15 is 0 Å². The van der Waals surface area contributed by atoms with Crippen LogP contribution in [0.15, 0.2) is 40.6 Å². The Morgan fingerprint density at radius 2 is 1.97 bits per heavy atom. The van der Waals surface area contributed by atoms with E-state index in [0.717, 1.165) is 16.0 Å². The van der Waals surface area contributed by atoms with Gasteiger partial charge in [0.05, 0.1) is 6.42 Å². The van der Waals surface area contributed by atoms with Crippen molar-refractivity contribution in [2.45, 2.75) is 30.5 Å². The molecule has 2 heterocycles. The summed E-state index contributed by atoms with van der Waals surface area (Å²) in [5.74, 6) is 3.28. The maximum absolute atomic E-state index is 12.6. The lowest BCUT2D eigenvalue weighted by Crippen LogP contribution is -2.70. The fourth-order valence-electron chi connectivity index (χ4n) is 3.34. The van der Waals surface area contributed by atoms with Gasteiger partial charge >= 0.3 is 11.9 Å². The summed E-state index contributed by atoms with van der Waals surface area (Å²) in [6, 6.07) is 6.52. The molecule has 2 unspecified atom stereocenters. The molecule has 33 heavy (non-hydrogen) atoms. The Morgan fingerprint density at radius 3 is 2.58 bits per heavy atom. The first-order valence-corrected chi connectivity index (χ1v) is 11.8. The molecule has 176 valence electrons. The van der Waals surface area contributed by atoms with Crippen LogP contribution in [0.5, 0.6) is 0 Å². The normalized spacial score (nSPS) is 20.1. The van der Waals surface area contributed by atoms with E-state index in [1.165, 1.54) is 30.4 Å². The Balaban J connectivity index is 1.58. The number of fused-ring (bicyclic) bond motifs is 1. The first-order chi connectivity index (χ1) is 15.7. The molecule has 2 aliphatic heterocycles. The molecule has 11 nitrogen and oxygen atoms in total. The van der Waals surface area contributed by atoms with Crippen molar-refractivity contribution in [2.24, 2.45) is 16.7 Å². The summed E-state index contributed by atoms with van der Waals surface area (Å²) in [6.07, 6.45) is 0.0698. The van der Waals surface area contributed by atoms with E-state index in [-0.39, 0.29) is 35.6 Å². The number of carbonyl (C=O) groups excluding carboxylic acids is 3. The van der Waals surface area contributed by atoms with Gasteiger partial charge in [0.25, 0.3) is 5.91 Å². The molecule has 2 amide bonds. The smallest absolute Gasteiger partial charge is 0.352 e. The van der Waals surface area contributed by atoms with E-state index in [4.69, 9.17) is 16.3 Å². The molecule has 1 fully saturated rings. The molecule has 0 aromatic heterocycles. The third kappa shape index (κ3) is 5.79. The fraction of sp³-hybridized carbons (Fsp3) is 0.350. The van der Waals surface area contributed by atoms with Gasteiger partial charge in [0.1, 0.15) is 23.7 Å². The predicted molar refractivity (Wildman–Crippen MR) is 124 cm³/mol. The Bertz CT molecular complexity index is 1030. The number of aliphatic carboxylic acids is 1. The molecule has 1 aromatic rings. The van der Waals surface area contributed by atoms with Crippen molar-refractivity contribution >= 4 is 52.4 Å². The van der Waals surface area contributed by atoms with Crippen LogP contribution in [0.2, 0.25) is 0 Å². The summed E-state index contributed by atoms with van der Waals surface area (Å²) >= 11 is 2.61. The van der Waals surface area contributed by atoms with Crippen LogP contribution in [0.1, 0.15) is 18.1 Å². The van der Waals surface area contributed by atoms with Gasteiger partial charge in [-0.15, -0.1) is 11.8 Å². The van der Waals surface area contributed by atoms with E-state index in [1.807, 2.05) is 24.3 Å². The van der Waals surface area contributed by atoms with Gasteiger partial charge in [0.2, 0.25) is 5.91 Å². The minimum atomic E-state index is -1.28. The number of carboxylic acids is 1. The number of amides is 2. The van der Waals surface area contributed by atoms with Gasteiger partial charge in [-0.25, -0.2) is 4.79 Å². The van der Waals surface area contributed by atoms with Crippen LogP contribution >= 0.6 is 23.5 Å². The number of hydrogen-bond donors (Lipinski definition) is 4. The maximum Gasteiger partial charge on any atom is 0.352 e. The molecule has 1 saturated heterocycles. The van der Waals surface area contributed by atoms with Crippen molar-refractivity contribution in [1.82, 2.24) is 10.2 Å². The largest absolute Gasteiger partial charge is 0.477 e. The lowest BCUT2D eigenvalue weighted by atomic mass is 10.0. The Morgan fingerprint density at radius 1 is 1.30 bits per heavy atom. The zero-order chi connectivity index (χ0) is 24.1. The summed E-state index contributed by atoms with van der Waals surface area (Å²) < 4.78 is 4.90. The topological polar surface area (TPSA) is 177 Å². The first-order valence-electron chi connectivity index (χ1n) is 9.78. The van der Waals surface area contributed by atoms with Crippen molar-refractivity contribution in [2.75, 3.05) is 12.4 Å². The molecule has 0 aliphatic carbocycles.